The van der Waals surface area contributed by atoms with Gasteiger partial charge in [-0.25, -0.2) is 0 Å². The van der Waals surface area contributed by atoms with Crippen molar-refractivity contribution in [3.05, 3.63) is 30.0 Å². The van der Waals surface area contributed by atoms with Crippen LogP contribution >= 0.6 is 0 Å². The van der Waals surface area contributed by atoms with Gasteiger partial charge in [0.05, 0.1) is 24.1 Å². The summed E-state index contributed by atoms with van der Waals surface area (Å²) in [5, 5.41) is 9.79. The highest BCUT2D eigenvalue weighted by molar-refractivity contribution is 5.99. The van der Waals surface area contributed by atoms with E-state index in [2.05, 4.69) is 15.5 Å². The van der Waals surface area contributed by atoms with E-state index in [1.54, 1.807) is 0 Å². The van der Waals surface area contributed by atoms with Gasteiger partial charge in [-0.3, -0.25) is 9.89 Å². The van der Waals surface area contributed by atoms with Gasteiger partial charge < -0.3 is 19.5 Å². The third-order valence-corrected chi connectivity index (χ3v) is 4.30. The second-order valence-corrected chi connectivity index (χ2v) is 6.29. The van der Waals surface area contributed by atoms with Crippen LogP contribution in [0.2, 0.25) is 0 Å². The fourth-order valence-corrected chi connectivity index (χ4v) is 2.74. The zero-order valence-electron chi connectivity index (χ0n) is 13.9. The molecule has 0 spiro atoms. The van der Waals surface area contributed by atoms with Crippen LogP contribution in [0.3, 0.4) is 0 Å². The average Bonchev–Trinajstić information content (AvgIpc) is 3.34. The molecule has 132 valence electrons. The molecular formula is C18H21N3O4. The average molecular weight is 343 g/mol. The Balaban J connectivity index is 1.40. The predicted octanol–water partition coefficient (Wildman–Crippen LogP) is 2.00. The van der Waals surface area contributed by atoms with Gasteiger partial charge in [0.1, 0.15) is 13.2 Å². The van der Waals surface area contributed by atoms with Gasteiger partial charge in [-0.2, -0.15) is 5.10 Å². The number of rotatable bonds is 7. The smallest absolute Gasteiger partial charge is 0.255 e. The van der Waals surface area contributed by atoms with Gasteiger partial charge in [-0.1, -0.05) is 0 Å². The zero-order chi connectivity index (χ0) is 17.1. The van der Waals surface area contributed by atoms with Crippen molar-refractivity contribution >= 4 is 5.91 Å². The zero-order valence-corrected chi connectivity index (χ0v) is 13.9. The van der Waals surface area contributed by atoms with Gasteiger partial charge in [0.2, 0.25) is 0 Å². The Morgan fingerprint density at radius 2 is 2.12 bits per heavy atom. The van der Waals surface area contributed by atoms with Gasteiger partial charge in [0, 0.05) is 18.7 Å². The number of benzene rings is 1. The topological polar surface area (TPSA) is 85.5 Å². The standard InChI is InChI=1S/C18H21N3O4/c22-18(19-5-6-23-11-12-1-2-12)14-10-20-21-17(14)13-3-4-15-16(9-13)25-8-7-24-15/h3-4,9-10,12H,1-2,5-8,11H2,(H,19,22)(H,20,21). The number of carbonyl (C=O) groups excluding carboxylic acids is 1. The number of aromatic nitrogens is 2. The summed E-state index contributed by atoms with van der Waals surface area (Å²) in [6.45, 7) is 2.88. The molecule has 7 heteroatoms. The predicted molar refractivity (Wildman–Crippen MR) is 90.9 cm³/mol. The second-order valence-electron chi connectivity index (χ2n) is 6.29. The molecule has 1 aliphatic carbocycles. The maximum Gasteiger partial charge on any atom is 0.255 e. The number of aromatic amines is 1. The molecule has 25 heavy (non-hydrogen) atoms. The third-order valence-electron chi connectivity index (χ3n) is 4.30. The Hall–Kier alpha value is -2.54. The van der Waals surface area contributed by atoms with E-state index in [0.717, 1.165) is 18.1 Å². The van der Waals surface area contributed by atoms with Crippen LogP contribution in [-0.2, 0) is 4.74 Å². The Morgan fingerprint density at radius 1 is 1.28 bits per heavy atom. The highest BCUT2D eigenvalue weighted by atomic mass is 16.6. The van der Waals surface area contributed by atoms with Crippen molar-refractivity contribution in [2.75, 3.05) is 33.0 Å². The monoisotopic (exact) mass is 343 g/mol. The van der Waals surface area contributed by atoms with E-state index < -0.39 is 0 Å². The molecule has 0 bridgehead atoms. The van der Waals surface area contributed by atoms with E-state index in [4.69, 9.17) is 14.2 Å². The van der Waals surface area contributed by atoms with Gasteiger partial charge >= 0.3 is 0 Å². The number of H-pyrrole nitrogens is 1. The Bertz CT molecular complexity index is 755. The molecule has 1 aromatic heterocycles. The van der Waals surface area contributed by atoms with E-state index >= 15 is 0 Å². The summed E-state index contributed by atoms with van der Waals surface area (Å²) >= 11 is 0. The van der Waals surface area contributed by atoms with Crippen LogP contribution in [-0.4, -0.2) is 49.1 Å². The number of ether oxygens (including phenoxy) is 3. The van der Waals surface area contributed by atoms with Crippen LogP contribution in [0, 0.1) is 5.92 Å². The van der Waals surface area contributed by atoms with Gasteiger partial charge in [0.25, 0.3) is 5.91 Å². The van der Waals surface area contributed by atoms with Crippen LogP contribution in [0.4, 0.5) is 0 Å². The molecule has 2 aromatic rings. The van der Waals surface area contributed by atoms with E-state index in [0.29, 0.717) is 49.1 Å². The highest BCUT2D eigenvalue weighted by Gasteiger charge is 2.21. The molecule has 1 aromatic carbocycles. The lowest BCUT2D eigenvalue weighted by Gasteiger charge is -2.18. The maximum atomic E-state index is 12.4. The molecule has 1 amide bonds. The largest absolute Gasteiger partial charge is 0.486 e. The lowest BCUT2D eigenvalue weighted by atomic mass is 10.1. The number of amides is 1. The van der Waals surface area contributed by atoms with Crippen molar-refractivity contribution < 1.29 is 19.0 Å². The molecule has 0 saturated heterocycles. The lowest BCUT2D eigenvalue weighted by Crippen LogP contribution is -2.27. The van der Waals surface area contributed by atoms with Crippen molar-refractivity contribution in [2.45, 2.75) is 12.8 Å². The molecule has 1 saturated carbocycles. The molecule has 7 nitrogen and oxygen atoms in total. The molecule has 2 aliphatic rings. The fourth-order valence-electron chi connectivity index (χ4n) is 2.74. The minimum atomic E-state index is -0.173. The van der Waals surface area contributed by atoms with E-state index in [-0.39, 0.29) is 5.91 Å². The maximum absolute atomic E-state index is 12.4. The Labute approximate surface area is 145 Å². The summed E-state index contributed by atoms with van der Waals surface area (Å²) in [5.41, 5.74) is 1.99. The molecule has 1 fully saturated rings. The number of nitrogens with one attached hydrogen (secondary N) is 2. The van der Waals surface area contributed by atoms with Crippen LogP contribution in [0.5, 0.6) is 11.5 Å². The fraction of sp³-hybridized carbons (Fsp3) is 0.444. The number of hydrogen-bond donors (Lipinski definition) is 2. The molecule has 2 N–H and O–H groups in total. The first-order chi connectivity index (χ1) is 12.3. The van der Waals surface area contributed by atoms with Crippen molar-refractivity contribution in [3.8, 4) is 22.8 Å². The van der Waals surface area contributed by atoms with Gasteiger partial charge in [-0.05, 0) is 37.0 Å². The lowest BCUT2D eigenvalue weighted by molar-refractivity contribution is 0.0907. The summed E-state index contributed by atoms with van der Waals surface area (Å²) in [5.74, 6) is 1.95. The molecule has 1 aliphatic heterocycles. The normalized spacial score (nSPS) is 15.8. The first-order valence-corrected chi connectivity index (χ1v) is 8.60. The first-order valence-electron chi connectivity index (χ1n) is 8.60. The van der Waals surface area contributed by atoms with E-state index in [1.807, 2.05) is 18.2 Å². The summed E-state index contributed by atoms with van der Waals surface area (Å²) in [6.07, 6.45) is 4.06. The minimum absolute atomic E-state index is 0.173. The van der Waals surface area contributed by atoms with Crippen LogP contribution in [0.1, 0.15) is 23.2 Å². The summed E-state index contributed by atoms with van der Waals surface area (Å²) in [6, 6.07) is 5.59. The molecule has 2 heterocycles. The Kier molecular flexibility index (Phi) is 4.56. The minimum Gasteiger partial charge on any atom is -0.486 e. The first kappa shape index (κ1) is 16.0. The van der Waals surface area contributed by atoms with Gasteiger partial charge in [0.15, 0.2) is 11.5 Å². The van der Waals surface area contributed by atoms with Crippen molar-refractivity contribution in [2.24, 2.45) is 5.92 Å². The SMILES string of the molecule is O=C(NCCOCC1CC1)c1cn[nH]c1-c1ccc2c(c1)OCCO2. The van der Waals surface area contributed by atoms with Crippen molar-refractivity contribution in [3.63, 3.8) is 0 Å². The van der Waals surface area contributed by atoms with Crippen molar-refractivity contribution in [1.29, 1.82) is 0 Å². The number of hydrogen-bond acceptors (Lipinski definition) is 5. The Morgan fingerprint density at radius 3 is 2.96 bits per heavy atom. The third kappa shape index (κ3) is 3.76. The summed E-state index contributed by atoms with van der Waals surface area (Å²) in [4.78, 5) is 12.4. The van der Waals surface area contributed by atoms with E-state index in [9.17, 15) is 4.79 Å². The number of fused-ring (bicyclic) bond motifs is 1. The summed E-state index contributed by atoms with van der Waals surface area (Å²) in [7, 11) is 0. The molecule has 0 atom stereocenters. The van der Waals surface area contributed by atoms with Crippen molar-refractivity contribution in [1.82, 2.24) is 15.5 Å². The van der Waals surface area contributed by atoms with Crippen LogP contribution < -0.4 is 14.8 Å². The highest BCUT2D eigenvalue weighted by Crippen LogP contribution is 2.34. The number of carbonyl (C=O) groups is 1. The summed E-state index contributed by atoms with van der Waals surface area (Å²) < 4.78 is 16.7. The molecule has 4 rings (SSSR count). The number of nitrogens with zero attached hydrogens (tertiary/aromatic N) is 1. The second kappa shape index (κ2) is 7.14. The molecular weight excluding hydrogens is 322 g/mol. The van der Waals surface area contributed by atoms with Gasteiger partial charge in [-0.15, -0.1) is 0 Å². The van der Waals surface area contributed by atoms with E-state index in [1.165, 1.54) is 19.0 Å². The molecule has 0 unspecified atom stereocenters. The van der Waals surface area contributed by atoms with Crippen LogP contribution in [0.15, 0.2) is 24.4 Å². The molecule has 0 radical (unpaired) electrons. The van der Waals surface area contributed by atoms with Crippen LogP contribution in [0.25, 0.3) is 11.3 Å². The quantitative estimate of drug-likeness (QED) is 0.751.